The van der Waals surface area contributed by atoms with E-state index in [4.69, 9.17) is 0 Å². The van der Waals surface area contributed by atoms with Gasteiger partial charge in [-0.05, 0) is 31.7 Å². The summed E-state index contributed by atoms with van der Waals surface area (Å²) in [5.41, 5.74) is 2.63. The molecule has 1 aromatic rings. The second kappa shape index (κ2) is 6.80. The SMILES string of the molecule is Cc1cccc(CN2CCN(C(=O)C3CCCC3O)CC2)c1. The molecule has 2 fully saturated rings. The molecule has 0 spiro atoms. The zero-order chi connectivity index (χ0) is 15.5. The van der Waals surface area contributed by atoms with Crippen LogP contribution in [0.25, 0.3) is 0 Å². The third kappa shape index (κ3) is 3.50. The Morgan fingerprint density at radius 3 is 2.64 bits per heavy atom. The lowest BCUT2D eigenvalue weighted by molar-refractivity contribution is -0.140. The summed E-state index contributed by atoms with van der Waals surface area (Å²) in [5, 5.41) is 9.90. The highest BCUT2D eigenvalue weighted by Gasteiger charge is 2.35. The van der Waals surface area contributed by atoms with Gasteiger partial charge in [0.05, 0.1) is 12.0 Å². The molecule has 22 heavy (non-hydrogen) atoms. The van der Waals surface area contributed by atoms with Gasteiger partial charge in [-0.3, -0.25) is 9.69 Å². The number of nitrogens with zero attached hydrogens (tertiary/aromatic N) is 2. The molecule has 1 saturated carbocycles. The molecule has 1 N–H and O–H groups in total. The van der Waals surface area contributed by atoms with Crippen LogP contribution in [0.4, 0.5) is 0 Å². The average Bonchev–Trinajstić information content (AvgIpc) is 2.93. The Kier molecular flexibility index (Phi) is 4.79. The van der Waals surface area contributed by atoms with E-state index in [1.54, 1.807) is 0 Å². The first-order valence-electron chi connectivity index (χ1n) is 8.38. The molecule has 1 heterocycles. The fourth-order valence-electron chi connectivity index (χ4n) is 3.66. The van der Waals surface area contributed by atoms with Crippen molar-refractivity contribution in [2.75, 3.05) is 26.2 Å². The first kappa shape index (κ1) is 15.5. The Balaban J connectivity index is 1.51. The standard InChI is InChI=1S/C18H26N2O2/c1-14-4-2-5-15(12-14)13-19-8-10-20(11-9-19)18(22)16-6-3-7-17(16)21/h2,4-5,12,16-17,21H,3,6-11,13H2,1H3. The third-order valence-electron chi connectivity index (χ3n) is 4.97. The molecule has 2 unspecified atom stereocenters. The number of rotatable bonds is 3. The number of amides is 1. The van der Waals surface area contributed by atoms with Crippen molar-refractivity contribution in [3.63, 3.8) is 0 Å². The van der Waals surface area contributed by atoms with Gasteiger partial charge in [-0.1, -0.05) is 29.8 Å². The van der Waals surface area contributed by atoms with Gasteiger partial charge >= 0.3 is 0 Å². The molecule has 3 rings (SSSR count). The van der Waals surface area contributed by atoms with E-state index in [1.807, 2.05) is 4.90 Å². The molecule has 1 aromatic carbocycles. The van der Waals surface area contributed by atoms with Crippen molar-refractivity contribution in [1.29, 1.82) is 0 Å². The molecule has 0 radical (unpaired) electrons. The highest BCUT2D eigenvalue weighted by atomic mass is 16.3. The van der Waals surface area contributed by atoms with Crippen molar-refractivity contribution in [2.24, 2.45) is 5.92 Å². The Hall–Kier alpha value is -1.39. The lowest BCUT2D eigenvalue weighted by Gasteiger charge is -2.36. The smallest absolute Gasteiger partial charge is 0.228 e. The zero-order valence-electron chi connectivity index (χ0n) is 13.4. The number of carbonyl (C=O) groups excluding carboxylic acids is 1. The molecule has 0 bridgehead atoms. The molecular weight excluding hydrogens is 276 g/mol. The van der Waals surface area contributed by atoms with E-state index in [0.717, 1.165) is 52.0 Å². The highest BCUT2D eigenvalue weighted by molar-refractivity contribution is 5.79. The van der Waals surface area contributed by atoms with Crippen molar-refractivity contribution >= 4 is 5.91 Å². The number of aryl methyl sites for hydroxylation is 1. The first-order chi connectivity index (χ1) is 10.6. The second-order valence-electron chi connectivity index (χ2n) is 6.70. The molecule has 120 valence electrons. The number of carbonyl (C=O) groups is 1. The van der Waals surface area contributed by atoms with Crippen LogP contribution in [0.1, 0.15) is 30.4 Å². The van der Waals surface area contributed by atoms with E-state index in [1.165, 1.54) is 11.1 Å². The average molecular weight is 302 g/mol. The summed E-state index contributed by atoms with van der Waals surface area (Å²) in [6.07, 6.45) is 2.19. The van der Waals surface area contributed by atoms with Gasteiger partial charge in [-0.15, -0.1) is 0 Å². The van der Waals surface area contributed by atoms with Crippen LogP contribution in [0.5, 0.6) is 0 Å². The maximum atomic E-state index is 12.5. The van der Waals surface area contributed by atoms with Gasteiger partial charge in [-0.2, -0.15) is 0 Å². The van der Waals surface area contributed by atoms with Crippen molar-refractivity contribution in [1.82, 2.24) is 9.80 Å². The van der Waals surface area contributed by atoms with E-state index in [9.17, 15) is 9.90 Å². The summed E-state index contributed by atoms with van der Waals surface area (Å²) in [7, 11) is 0. The molecule has 2 aliphatic rings. The van der Waals surface area contributed by atoms with Crippen molar-refractivity contribution < 1.29 is 9.90 Å². The lowest BCUT2D eigenvalue weighted by Crippen LogP contribution is -2.50. The number of hydrogen-bond acceptors (Lipinski definition) is 3. The number of aliphatic hydroxyl groups excluding tert-OH is 1. The van der Waals surface area contributed by atoms with E-state index in [2.05, 4.69) is 36.1 Å². The van der Waals surface area contributed by atoms with Crippen molar-refractivity contribution in [2.45, 2.75) is 38.8 Å². The third-order valence-corrected chi connectivity index (χ3v) is 4.97. The highest BCUT2D eigenvalue weighted by Crippen LogP contribution is 2.27. The van der Waals surface area contributed by atoms with Crippen molar-refractivity contribution in [3.05, 3.63) is 35.4 Å². The molecule has 1 amide bonds. The summed E-state index contributed by atoms with van der Waals surface area (Å²) < 4.78 is 0. The molecule has 2 atom stereocenters. The Morgan fingerprint density at radius 1 is 1.23 bits per heavy atom. The minimum atomic E-state index is -0.419. The number of aliphatic hydroxyl groups is 1. The predicted molar refractivity (Wildman–Crippen MR) is 86.4 cm³/mol. The molecule has 1 aliphatic carbocycles. The van der Waals surface area contributed by atoms with Gasteiger partial charge in [0, 0.05) is 32.7 Å². The van der Waals surface area contributed by atoms with E-state index < -0.39 is 6.10 Å². The van der Waals surface area contributed by atoms with Gasteiger partial charge in [0.2, 0.25) is 5.91 Å². The molecule has 4 heteroatoms. The van der Waals surface area contributed by atoms with Crippen LogP contribution < -0.4 is 0 Å². The largest absolute Gasteiger partial charge is 0.392 e. The van der Waals surface area contributed by atoms with E-state index in [0.29, 0.717) is 0 Å². The van der Waals surface area contributed by atoms with Gasteiger partial charge in [0.1, 0.15) is 0 Å². The number of hydrogen-bond donors (Lipinski definition) is 1. The number of benzene rings is 1. The lowest BCUT2D eigenvalue weighted by atomic mass is 10.0. The minimum absolute atomic E-state index is 0.150. The quantitative estimate of drug-likeness (QED) is 0.926. The first-order valence-corrected chi connectivity index (χ1v) is 8.38. The van der Waals surface area contributed by atoms with Crippen LogP contribution in [0.15, 0.2) is 24.3 Å². The molecule has 0 aromatic heterocycles. The van der Waals surface area contributed by atoms with Crippen LogP contribution >= 0.6 is 0 Å². The summed E-state index contributed by atoms with van der Waals surface area (Å²) >= 11 is 0. The predicted octanol–water partition coefficient (Wildman–Crippen LogP) is 1.80. The topological polar surface area (TPSA) is 43.8 Å². The molecule has 4 nitrogen and oxygen atoms in total. The van der Waals surface area contributed by atoms with Gasteiger partial charge < -0.3 is 10.0 Å². The summed E-state index contributed by atoms with van der Waals surface area (Å²) in [4.78, 5) is 16.8. The van der Waals surface area contributed by atoms with Gasteiger partial charge in [0.15, 0.2) is 0 Å². The summed E-state index contributed by atoms with van der Waals surface area (Å²) in [6, 6.07) is 8.62. The molecule has 1 saturated heterocycles. The van der Waals surface area contributed by atoms with E-state index in [-0.39, 0.29) is 11.8 Å². The normalized spacial score (nSPS) is 26.4. The fraction of sp³-hybridized carbons (Fsp3) is 0.611. The van der Waals surface area contributed by atoms with Crippen LogP contribution in [0.3, 0.4) is 0 Å². The monoisotopic (exact) mass is 302 g/mol. The Bertz CT molecular complexity index is 524. The zero-order valence-corrected chi connectivity index (χ0v) is 13.4. The number of piperazine rings is 1. The van der Waals surface area contributed by atoms with Crippen LogP contribution in [0.2, 0.25) is 0 Å². The summed E-state index contributed by atoms with van der Waals surface area (Å²) in [5.74, 6) is 0.0172. The molecular formula is C18H26N2O2. The van der Waals surface area contributed by atoms with Gasteiger partial charge in [0.25, 0.3) is 0 Å². The fourth-order valence-corrected chi connectivity index (χ4v) is 3.66. The Labute approximate surface area is 132 Å². The van der Waals surface area contributed by atoms with Crippen LogP contribution in [-0.2, 0) is 11.3 Å². The maximum absolute atomic E-state index is 12.5. The van der Waals surface area contributed by atoms with Crippen LogP contribution in [0, 0.1) is 12.8 Å². The second-order valence-corrected chi connectivity index (χ2v) is 6.70. The van der Waals surface area contributed by atoms with Crippen molar-refractivity contribution in [3.8, 4) is 0 Å². The van der Waals surface area contributed by atoms with Gasteiger partial charge in [-0.25, -0.2) is 0 Å². The minimum Gasteiger partial charge on any atom is -0.392 e. The van der Waals surface area contributed by atoms with E-state index >= 15 is 0 Å². The molecule has 1 aliphatic heterocycles. The van der Waals surface area contributed by atoms with Crippen LogP contribution in [-0.4, -0.2) is 53.1 Å². The maximum Gasteiger partial charge on any atom is 0.228 e. The Morgan fingerprint density at radius 2 is 2.00 bits per heavy atom. The summed E-state index contributed by atoms with van der Waals surface area (Å²) in [6.45, 7) is 6.48.